The summed E-state index contributed by atoms with van der Waals surface area (Å²) in [5.41, 5.74) is 9.22. The second-order valence-electron chi connectivity index (χ2n) is 15.7. The second-order valence-corrected chi connectivity index (χ2v) is 15.7. The Labute approximate surface area is 233 Å². The smallest absolute Gasteiger partial charge is 0.145 e. The summed E-state index contributed by atoms with van der Waals surface area (Å²) < 4.78 is 6.77. The molecule has 1 aliphatic heterocycles. The van der Waals surface area contributed by atoms with Crippen LogP contribution in [0.15, 0.2) is 18.2 Å². The van der Waals surface area contributed by atoms with Gasteiger partial charge >= 0.3 is 0 Å². The van der Waals surface area contributed by atoms with E-state index < -0.39 is 0 Å². The topological polar surface area (TPSA) is 38.5 Å². The lowest BCUT2D eigenvalue weighted by molar-refractivity contribution is -0.155. The standard InChI is InChI=1S/C35H56N2O/c1-22(2)9-8-10-23(3)26-13-14-27-25-12-16-31-34(5,28(25)17-19-33(26,27)4)20-18-32-35(31,6)37(7)29-15-11-24(36)21-30(29)38-32/h11,15,21-23,25-28,31-32H,8-10,12-14,16-20,36H2,1-7H3. The van der Waals surface area contributed by atoms with Gasteiger partial charge < -0.3 is 15.4 Å². The molecular formula is C35H56N2O. The summed E-state index contributed by atoms with van der Waals surface area (Å²) in [6.07, 6.45) is 15.7. The van der Waals surface area contributed by atoms with Crippen LogP contribution in [0, 0.1) is 52.3 Å². The largest absolute Gasteiger partial charge is 0.486 e. The zero-order valence-electron chi connectivity index (χ0n) is 25.6. The van der Waals surface area contributed by atoms with Crippen molar-refractivity contribution in [1.82, 2.24) is 0 Å². The Morgan fingerprint density at radius 3 is 2.42 bits per heavy atom. The summed E-state index contributed by atoms with van der Waals surface area (Å²) in [4.78, 5) is 2.61. The fourth-order valence-corrected chi connectivity index (χ4v) is 11.7. The van der Waals surface area contributed by atoms with Gasteiger partial charge in [0.05, 0.1) is 11.2 Å². The van der Waals surface area contributed by atoms with Crippen LogP contribution >= 0.6 is 0 Å². The maximum absolute atomic E-state index is 6.77. The highest BCUT2D eigenvalue weighted by atomic mass is 16.5. The van der Waals surface area contributed by atoms with E-state index in [0.29, 0.717) is 16.7 Å². The lowest BCUT2D eigenvalue weighted by Gasteiger charge is -2.68. The van der Waals surface area contributed by atoms with Crippen molar-refractivity contribution < 1.29 is 4.74 Å². The molecule has 212 valence electrons. The minimum atomic E-state index is 0.0466. The molecule has 4 fully saturated rings. The predicted molar refractivity (Wildman–Crippen MR) is 161 cm³/mol. The molecule has 2 N–H and O–H groups in total. The van der Waals surface area contributed by atoms with Gasteiger partial charge in [0.1, 0.15) is 11.9 Å². The van der Waals surface area contributed by atoms with Crippen molar-refractivity contribution in [2.45, 2.75) is 124 Å². The number of benzene rings is 1. The lowest BCUT2D eigenvalue weighted by atomic mass is 9.41. The molecule has 0 amide bonds. The SMILES string of the molecule is CC(C)CCCC(C)C1CCC2C3CCC4C(C)(CCC5Oc6cc(N)ccc6N(C)C54C)C3CCC12C. The van der Waals surface area contributed by atoms with Crippen molar-refractivity contribution in [3.05, 3.63) is 18.2 Å². The van der Waals surface area contributed by atoms with Crippen LogP contribution in [0.2, 0.25) is 0 Å². The molecule has 0 aromatic heterocycles. The third kappa shape index (κ3) is 3.79. The van der Waals surface area contributed by atoms with Crippen LogP contribution in [0.1, 0.15) is 112 Å². The third-order valence-electron chi connectivity index (χ3n) is 13.7. The number of nitrogen functional groups attached to an aromatic ring is 1. The normalized spacial score (nSPS) is 44.4. The molecule has 3 nitrogen and oxygen atoms in total. The van der Waals surface area contributed by atoms with Crippen LogP contribution < -0.4 is 15.4 Å². The first-order valence-electron chi connectivity index (χ1n) is 16.3. The van der Waals surface area contributed by atoms with Crippen molar-refractivity contribution in [3.8, 4) is 5.75 Å². The number of hydrogen-bond acceptors (Lipinski definition) is 3. The van der Waals surface area contributed by atoms with Crippen molar-refractivity contribution in [2.24, 2.45) is 52.3 Å². The van der Waals surface area contributed by atoms with E-state index in [9.17, 15) is 0 Å². The summed E-state index contributed by atoms with van der Waals surface area (Å²) in [6, 6.07) is 6.28. The van der Waals surface area contributed by atoms with Gasteiger partial charge in [-0.2, -0.15) is 0 Å². The molecule has 1 heterocycles. The lowest BCUT2D eigenvalue weighted by Crippen LogP contribution is -2.70. The van der Waals surface area contributed by atoms with Crippen LogP contribution in [0.5, 0.6) is 5.75 Å². The molecule has 1 aromatic rings. The second kappa shape index (κ2) is 9.34. The van der Waals surface area contributed by atoms with Gasteiger partial charge in [0.15, 0.2) is 0 Å². The predicted octanol–water partition coefficient (Wildman–Crippen LogP) is 8.96. The monoisotopic (exact) mass is 520 g/mol. The molecule has 3 heteroatoms. The Hall–Kier alpha value is -1.38. The number of fused-ring (bicyclic) bond motifs is 8. The number of likely N-dealkylation sites (N-methyl/N-ethyl adjacent to an activating group) is 1. The minimum absolute atomic E-state index is 0.0466. The van der Waals surface area contributed by atoms with Gasteiger partial charge in [0, 0.05) is 18.8 Å². The number of rotatable bonds is 5. The van der Waals surface area contributed by atoms with E-state index in [1.54, 1.807) is 0 Å². The van der Waals surface area contributed by atoms with Crippen LogP contribution in [0.3, 0.4) is 0 Å². The summed E-state index contributed by atoms with van der Waals surface area (Å²) in [5, 5.41) is 0. The molecule has 0 radical (unpaired) electrons. The third-order valence-corrected chi connectivity index (χ3v) is 13.7. The van der Waals surface area contributed by atoms with Gasteiger partial charge in [-0.3, -0.25) is 0 Å². The Bertz CT molecular complexity index is 1040. The number of ether oxygens (including phenoxy) is 1. The molecule has 6 rings (SSSR count). The summed E-state index contributed by atoms with van der Waals surface area (Å²) >= 11 is 0. The van der Waals surface area contributed by atoms with Gasteiger partial charge in [-0.25, -0.2) is 0 Å². The summed E-state index contributed by atoms with van der Waals surface area (Å²) in [5.74, 6) is 7.12. The Morgan fingerprint density at radius 2 is 1.66 bits per heavy atom. The number of hydrogen-bond donors (Lipinski definition) is 1. The van der Waals surface area contributed by atoms with Gasteiger partial charge in [0.2, 0.25) is 0 Å². The first-order chi connectivity index (χ1) is 18.0. The minimum Gasteiger partial charge on any atom is -0.486 e. The van der Waals surface area contributed by atoms with Gasteiger partial charge in [-0.1, -0.05) is 53.9 Å². The number of anilines is 2. The van der Waals surface area contributed by atoms with Crippen molar-refractivity contribution in [3.63, 3.8) is 0 Å². The molecule has 4 aliphatic carbocycles. The molecule has 0 bridgehead atoms. The molecule has 0 spiro atoms. The van der Waals surface area contributed by atoms with Crippen molar-refractivity contribution in [2.75, 3.05) is 17.7 Å². The van der Waals surface area contributed by atoms with E-state index in [2.05, 4.69) is 59.6 Å². The quantitative estimate of drug-likeness (QED) is 0.394. The molecule has 1 aromatic carbocycles. The average Bonchev–Trinajstić information content (AvgIpc) is 3.22. The fourth-order valence-electron chi connectivity index (χ4n) is 11.7. The van der Waals surface area contributed by atoms with E-state index in [0.717, 1.165) is 46.9 Å². The molecule has 5 aliphatic rings. The van der Waals surface area contributed by atoms with E-state index >= 15 is 0 Å². The van der Waals surface area contributed by atoms with Crippen molar-refractivity contribution in [1.29, 1.82) is 0 Å². The van der Waals surface area contributed by atoms with E-state index in [-0.39, 0.29) is 11.6 Å². The van der Waals surface area contributed by atoms with Crippen molar-refractivity contribution >= 4 is 11.4 Å². The molecule has 38 heavy (non-hydrogen) atoms. The van der Waals surface area contributed by atoms with Crippen LogP contribution in [-0.2, 0) is 0 Å². The van der Waals surface area contributed by atoms with E-state index in [1.165, 1.54) is 76.3 Å². The first-order valence-corrected chi connectivity index (χ1v) is 16.3. The maximum Gasteiger partial charge on any atom is 0.145 e. The zero-order chi connectivity index (χ0) is 27.0. The highest BCUT2D eigenvalue weighted by Gasteiger charge is 2.66. The Morgan fingerprint density at radius 1 is 0.921 bits per heavy atom. The molecule has 10 atom stereocenters. The summed E-state index contributed by atoms with van der Waals surface area (Å²) in [6.45, 7) is 15.4. The van der Waals surface area contributed by atoms with Crippen LogP contribution in [0.4, 0.5) is 11.4 Å². The number of nitrogens with zero attached hydrogens (tertiary/aromatic N) is 1. The molecule has 0 saturated heterocycles. The molecular weight excluding hydrogens is 464 g/mol. The average molecular weight is 521 g/mol. The highest BCUT2D eigenvalue weighted by molar-refractivity contribution is 5.67. The van der Waals surface area contributed by atoms with Crippen LogP contribution in [-0.4, -0.2) is 18.7 Å². The van der Waals surface area contributed by atoms with Gasteiger partial charge in [-0.15, -0.1) is 0 Å². The van der Waals surface area contributed by atoms with Crippen LogP contribution in [0.25, 0.3) is 0 Å². The first kappa shape index (κ1) is 26.8. The van der Waals surface area contributed by atoms with Gasteiger partial charge in [0.25, 0.3) is 0 Å². The maximum atomic E-state index is 6.77. The van der Waals surface area contributed by atoms with Gasteiger partial charge in [-0.05, 0) is 123 Å². The summed E-state index contributed by atoms with van der Waals surface area (Å²) in [7, 11) is 2.34. The Balaban J connectivity index is 1.24. The molecule has 10 unspecified atom stereocenters. The number of nitrogens with two attached hydrogens (primary N) is 1. The Kier molecular flexibility index (Phi) is 6.59. The van der Waals surface area contributed by atoms with E-state index in [1.807, 2.05) is 12.1 Å². The van der Waals surface area contributed by atoms with E-state index in [4.69, 9.17) is 10.5 Å². The zero-order valence-corrected chi connectivity index (χ0v) is 25.6. The highest BCUT2D eigenvalue weighted by Crippen LogP contribution is 2.70. The fraction of sp³-hybridized carbons (Fsp3) is 0.829. The molecule has 4 saturated carbocycles.